The molecule has 1 fully saturated rings. The average Bonchev–Trinajstić information content (AvgIpc) is 2.67. The van der Waals surface area contributed by atoms with Gasteiger partial charge in [0.15, 0.2) is 16.8 Å². The lowest BCUT2D eigenvalue weighted by atomic mass is 10.2. The van der Waals surface area contributed by atoms with Gasteiger partial charge >= 0.3 is 0 Å². The molecule has 3 rings (SSSR count). The van der Waals surface area contributed by atoms with Crippen LogP contribution in [-0.4, -0.2) is 39.3 Å². The summed E-state index contributed by atoms with van der Waals surface area (Å²) in [6, 6.07) is 0. The number of β-amino-alcohol motifs (C(OH)–C–C–N with tert-alkyl or cyclic N) is 1. The van der Waals surface area contributed by atoms with Crippen molar-refractivity contribution in [3.63, 3.8) is 0 Å². The molecule has 0 amide bonds. The highest BCUT2D eigenvalue weighted by atomic mass is 35.5. The fourth-order valence-corrected chi connectivity index (χ4v) is 2.56. The molecule has 3 heterocycles. The van der Waals surface area contributed by atoms with Crippen molar-refractivity contribution < 1.29 is 9.50 Å². The first-order valence-electron chi connectivity index (χ1n) is 6.42. The van der Waals surface area contributed by atoms with E-state index < -0.39 is 11.9 Å². The number of nitrogens with one attached hydrogen (secondary N) is 1. The van der Waals surface area contributed by atoms with Crippen LogP contribution in [0.15, 0.2) is 6.20 Å². The molecule has 21 heavy (non-hydrogen) atoms. The van der Waals surface area contributed by atoms with E-state index in [1.54, 1.807) is 5.01 Å². The van der Waals surface area contributed by atoms with Gasteiger partial charge in [0.1, 0.15) is 5.52 Å². The Kier molecular flexibility index (Phi) is 4.08. The summed E-state index contributed by atoms with van der Waals surface area (Å²) < 4.78 is 14.0. The minimum absolute atomic E-state index is 0.0246. The molecule has 0 radical (unpaired) electrons. The van der Waals surface area contributed by atoms with Crippen molar-refractivity contribution >= 4 is 39.9 Å². The Bertz CT molecular complexity index is 686. The van der Waals surface area contributed by atoms with Crippen LogP contribution in [0.25, 0.3) is 10.9 Å². The maximum absolute atomic E-state index is 14.0. The second-order valence-corrected chi connectivity index (χ2v) is 5.45. The molecule has 0 bridgehead atoms. The fraction of sp³-hybridized carbons (Fsp3) is 0.417. The third-order valence-corrected chi connectivity index (χ3v) is 3.72. The molecule has 1 saturated heterocycles. The van der Waals surface area contributed by atoms with Gasteiger partial charge in [0, 0.05) is 19.3 Å². The lowest BCUT2D eigenvalue weighted by Gasteiger charge is -2.23. The molecule has 9 heteroatoms. The first-order chi connectivity index (χ1) is 10.1. The maximum atomic E-state index is 14.0. The number of hydrogen-bond acceptors (Lipinski definition) is 6. The van der Waals surface area contributed by atoms with Crippen LogP contribution in [0.2, 0.25) is 10.4 Å². The van der Waals surface area contributed by atoms with Gasteiger partial charge in [-0.2, -0.15) is 4.98 Å². The molecule has 1 unspecified atom stereocenters. The Morgan fingerprint density at radius 2 is 2.19 bits per heavy atom. The lowest BCUT2D eigenvalue weighted by molar-refractivity contribution is 0.168. The van der Waals surface area contributed by atoms with Gasteiger partial charge in [-0.05, 0) is 24.4 Å². The Morgan fingerprint density at radius 3 is 3.00 bits per heavy atom. The SMILES string of the molecule is OC1CCCN(c2nc(Cl)nc3c(F)c(Cl)ncc23)NC1. The Hall–Kier alpha value is -1.28. The van der Waals surface area contributed by atoms with Crippen LogP contribution in [0.3, 0.4) is 0 Å². The Balaban J connectivity index is 2.11. The summed E-state index contributed by atoms with van der Waals surface area (Å²) in [7, 11) is 0. The number of halogens is 3. The van der Waals surface area contributed by atoms with Crippen LogP contribution >= 0.6 is 23.2 Å². The smallest absolute Gasteiger partial charge is 0.225 e. The van der Waals surface area contributed by atoms with Crippen molar-refractivity contribution in [1.29, 1.82) is 0 Å². The van der Waals surface area contributed by atoms with Crippen LogP contribution < -0.4 is 10.4 Å². The summed E-state index contributed by atoms with van der Waals surface area (Å²) in [6.45, 7) is 0.983. The largest absolute Gasteiger partial charge is 0.392 e. The standard InChI is InChI=1S/C12H12Cl2FN5O/c13-10-8(15)9-7(5-16-10)11(19-12(14)18-9)20-3-1-2-6(21)4-17-20/h5-6,17,21H,1-4H2. The molecule has 1 atom stereocenters. The van der Waals surface area contributed by atoms with E-state index in [1.165, 1.54) is 6.20 Å². The van der Waals surface area contributed by atoms with Crippen LogP contribution in [0.4, 0.5) is 10.2 Å². The topological polar surface area (TPSA) is 74.2 Å². The van der Waals surface area contributed by atoms with Crippen molar-refractivity contribution in [3.8, 4) is 0 Å². The minimum atomic E-state index is -0.727. The van der Waals surface area contributed by atoms with Gasteiger partial charge in [-0.25, -0.2) is 19.8 Å². The van der Waals surface area contributed by atoms with Crippen molar-refractivity contribution in [1.82, 2.24) is 20.4 Å². The molecule has 2 N–H and O–H groups in total. The van der Waals surface area contributed by atoms with Gasteiger partial charge in [0.25, 0.3) is 0 Å². The number of anilines is 1. The minimum Gasteiger partial charge on any atom is -0.392 e. The third kappa shape index (κ3) is 2.87. The first-order valence-corrected chi connectivity index (χ1v) is 7.18. The summed E-state index contributed by atoms with van der Waals surface area (Å²) in [5, 5.41) is 11.5. The van der Waals surface area contributed by atoms with Gasteiger partial charge < -0.3 is 5.11 Å². The molecule has 112 valence electrons. The van der Waals surface area contributed by atoms with Crippen molar-refractivity contribution in [3.05, 3.63) is 22.5 Å². The number of pyridine rings is 1. The van der Waals surface area contributed by atoms with E-state index in [-0.39, 0.29) is 16.0 Å². The average molecular weight is 332 g/mol. The van der Waals surface area contributed by atoms with Crippen molar-refractivity contribution in [2.75, 3.05) is 18.1 Å². The van der Waals surface area contributed by atoms with E-state index in [4.69, 9.17) is 23.2 Å². The summed E-state index contributed by atoms with van der Waals surface area (Å²) in [6.07, 6.45) is 2.43. The normalized spacial score (nSPS) is 19.8. The highest BCUT2D eigenvalue weighted by molar-refractivity contribution is 6.30. The molecule has 1 aliphatic heterocycles. The number of hydrazine groups is 1. The zero-order valence-corrected chi connectivity index (χ0v) is 12.4. The van der Waals surface area contributed by atoms with Crippen molar-refractivity contribution in [2.24, 2.45) is 0 Å². The molecule has 0 saturated carbocycles. The van der Waals surface area contributed by atoms with Gasteiger partial charge in [-0.3, -0.25) is 5.01 Å². The monoisotopic (exact) mass is 331 g/mol. The van der Waals surface area contributed by atoms with Crippen molar-refractivity contribution in [2.45, 2.75) is 18.9 Å². The van der Waals surface area contributed by atoms with Crippen LogP contribution in [0, 0.1) is 5.82 Å². The zero-order chi connectivity index (χ0) is 15.0. The number of nitrogens with zero attached hydrogens (tertiary/aromatic N) is 4. The van der Waals surface area contributed by atoms with E-state index in [9.17, 15) is 9.50 Å². The molecule has 0 aromatic carbocycles. The van der Waals surface area contributed by atoms with E-state index in [2.05, 4.69) is 20.4 Å². The summed E-state index contributed by atoms with van der Waals surface area (Å²) >= 11 is 11.6. The number of fused-ring (bicyclic) bond motifs is 1. The molecule has 1 aliphatic rings. The Morgan fingerprint density at radius 1 is 1.38 bits per heavy atom. The van der Waals surface area contributed by atoms with Gasteiger partial charge in [0.05, 0.1) is 11.5 Å². The number of aromatic nitrogens is 3. The zero-order valence-electron chi connectivity index (χ0n) is 10.9. The second-order valence-electron chi connectivity index (χ2n) is 4.75. The fourth-order valence-electron chi connectivity index (χ4n) is 2.26. The predicted molar refractivity (Wildman–Crippen MR) is 77.9 cm³/mol. The number of hydrogen-bond donors (Lipinski definition) is 2. The molecule has 6 nitrogen and oxygen atoms in total. The lowest BCUT2D eigenvalue weighted by Crippen LogP contribution is -2.40. The highest BCUT2D eigenvalue weighted by Gasteiger charge is 2.21. The molecular weight excluding hydrogens is 320 g/mol. The molecule has 2 aromatic heterocycles. The summed E-state index contributed by atoms with van der Waals surface area (Å²) in [5.74, 6) is -0.309. The highest BCUT2D eigenvalue weighted by Crippen LogP contribution is 2.29. The van der Waals surface area contributed by atoms with E-state index in [1.807, 2.05) is 0 Å². The molecule has 0 aliphatic carbocycles. The molecule has 0 spiro atoms. The number of rotatable bonds is 1. The van der Waals surface area contributed by atoms with Gasteiger partial charge in [0.2, 0.25) is 5.28 Å². The number of aliphatic hydroxyl groups excluding tert-OH is 1. The quantitative estimate of drug-likeness (QED) is 0.614. The first kappa shape index (κ1) is 14.6. The number of aliphatic hydroxyl groups is 1. The van der Waals surface area contributed by atoms with E-state index in [0.29, 0.717) is 30.7 Å². The van der Waals surface area contributed by atoms with Gasteiger partial charge in [-0.1, -0.05) is 11.6 Å². The van der Waals surface area contributed by atoms with Crippen LogP contribution in [0.1, 0.15) is 12.8 Å². The Labute approximate surface area is 129 Å². The van der Waals surface area contributed by atoms with Crippen LogP contribution in [0.5, 0.6) is 0 Å². The maximum Gasteiger partial charge on any atom is 0.225 e. The van der Waals surface area contributed by atoms with Gasteiger partial charge in [-0.15, -0.1) is 0 Å². The van der Waals surface area contributed by atoms with Crippen LogP contribution in [-0.2, 0) is 0 Å². The predicted octanol–water partition coefficient (Wildman–Crippen LogP) is 1.94. The molecule has 2 aromatic rings. The molecular formula is C12H12Cl2FN5O. The van der Waals surface area contributed by atoms with E-state index >= 15 is 0 Å². The second kappa shape index (κ2) is 5.84. The summed E-state index contributed by atoms with van der Waals surface area (Å²) in [4.78, 5) is 11.8. The van der Waals surface area contributed by atoms with E-state index in [0.717, 1.165) is 6.42 Å². The summed E-state index contributed by atoms with van der Waals surface area (Å²) in [5.41, 5.74) is 3.08. The third-order valence-electron chi connectivity index (χ3n) is 3.29.